The lowest BCUT2D eigenvalue weighted by atomic mass is 10.00. The highest BCUT2D eigenvalue weighted by molar-refractivity contribution is 5.93. The zero-order chi connectivity index (χ0) is 10.6. The van der Waals surface area contributed by atoms with Gasteiger partial charge >= 0.3 is 0 Å². The molecule has 1 aromatic rings. The maximum Gasteiger partial charge on any atom is 0.269 e. The van der Waals surface area contributed by atoms with Gasteiger partial charge in [0.05, 0.1) is 6.04 Å². The highest BCUT2D eigenvalue weighted by Gasteiger charge is 2.20. The van der Waals surface area contributed by atoms with E-state index in [-0.39, 0.29) is 30.2 Å². The van der Waals surface area contributed by atoms with Gasteiger partial charge in [0.15, 0.2) is 0 Å². The Labute approximate surface area is 93.6 Å². The number of nitrogens with one attached hydrogen (secondary N) is 2. The molecule has 0 saturated carbocycles. The Morgan fingerprint density at radius 2 is 2.33 bits per heavy atom. The summed E-state index contributed by atoms with van der Waals surface area (Å²) in [5.41, 5.74) is 5.69. The highest BCUT2D eigenvalue weighted by atomic mass is 35.5. The summed E-state index contributed by atoms with van der Waals surface area (Å²) < 4.78 is 0. The van der Waals surface area contributed by atoms with Crippen molar-refractivity contribution in [2.75, 3.05) is 5.32 Å². The van der Waals surface area contributed by atoms with E-state index in [0.717, 1.165) is 6.42 Å². The molecule has 1 amide bonds. The normalized spacial score (nSPS) is 13.8. The third-order valence-electron chi connectivity index (χ3n) is 2.14. The number of halogens is 1. The number of nitrogens with zero attached hydrogens (tertiary/aromatic N) is 3. The number of hydrogen-bond acceptors (Lipinski definition) is 5. The van der Waals surface area contributed by atoms with Crippen LogP contribution in [0.25, 0.3) is 0 Å². The first-order valence-electron chi connectivity index (χ1n) is 4.45. The van der Waals surface area contributed by atoms with Crippen molar-refractivity contribution < 1.29 is 4.79 Å². The molecule has 0 spiro atoms. The molecule has 1 heterocycles. The summed E-state index contributed by atoms with van der Waals surface area (Å²) in [6.45, 7) is 3.90. The minimum absolute atomic E-state index is 0. The molecular weight excluding hydrogens is 220 g/mol. The van der Waals surface area contributed by atoms with Crippen LogP contribution in [0, 0.1) is 5.92 Å². The third kappa shape index (κ3) is 3.80. The van der Waals surface area contributed by atoms with Crippen LogP contribution in [-0.2, 0) is 4.79 Å². The van der Waals surface area contributed by atoms with Gasteiger partial charge in [-0.3, -0.25) is 10.1 Å². The van der Waals surface area contributed by atoms with E-state index in [1.807, 2.05) is 13.8 Å². The van der Waals surface area contributed by atoms with Gasteiger partial charge in [-0.05, 0) is 11.1 Å². The first-order chi connectivity index (χ1) is 6.65. The predicted molar refractivity (Wildman–Crippen MR) is 57.5 cm³/mol. The van der Waals surface area contributed by atoms with Crippen LogP contribution in [0.2, 0.25) is 0 Å². The smallest absolute Gasteiger partial charge is 0.269 e. The predicted octanol–water partition coefficient (Wildman–Crippen LogP) is -0.0666. The van der Waals surface area contributed by atoms with Crippen molar-refractivity contribution in [3.63, 3.8) is 0 Å². The number of aromatic nitrogens is 4. The van der Waals surface area contributed by atoms with Crippen molar-refractivity contribution in [2.45, 2.75) is 26.3 Å². The molecule has 0 aliphatic carbocycles. The molecule has 0 fully saturated rings. The van der Waals surface area contributed by atoms with Crippen LogP contribution in [0.5, 0.6) is 0 Å². The number of tetrazole rings is 1. The third-order valence-corrected chi connectivity index (χ3v) is 2.14. The zero-order valence-electron chi connectivity index (χ0n) is 8.60. The SMILES string of the molecule is CCC(C)[C@H](N)C(=O)Nc1nn[nH]n1.Cl. The second-order valence-corrected chi connectivity index (χ2v) is 3.14. The van der Waals surface area contributed by atoms with Gasteiger partial charge in [0.25, 0.3) is 5.95 Å². The summed E-state index contributed by atoms with van der Waals surface area (Å²) in [4.78, 5) is 11.5. The molecule has 4 N–H and O–H groups in total. The summed E-state index contributed by atoms with van der Waals surface area (Å²) in [6, 6.07) is -0.543. The van der Waals surface area contributed by atoms with Crippen molar-refractivity contribution in [1.29, 1.82) is 0 Å². The highest BCUT2D eigenvalue weighted by Crippen LogP contribution is 2.06. The van der Waals surface area contributed by atoms with Gasteiger partial charge in [-0.25, -0.2) is 0 Å². The number of aromatic amines is 1. The molecule has 0 bridgehead atoms. The fourth-order valence-electron chi connectivity index (χ4n) is 0.921. The average Bonchev–Trinajstić information content (AvgIpc) is 2.68. The summed E-state index contributed by atoms with van der Waals surface area (Å²) in [6.07, 6.45) is 0.848. The molecule has 1 unspecified atom stereocenters. The van der Waals surface area contributed by atoms with Gasteiger partial charge in [-0.15, -0.1) is 17.5 Å². The van der Waals surface area contributed by atoms with E-state index in [9.17, 15) is 4.79 Å². The number of rotatable bonds is 4. The van der Waals surface area contributed by atoms with E-state index in [0.29, 0.717) is 0 Å². The standard InChI is InChI=1S/C7H14N6O.ClH/c1-3-4(2)5(8)6(14)9-7-10-12-13-11-7;/h4-5H,3,8H2,1-2H3,(H2,9,10,11,12,13,14);1H/t4?,5-;/m0./s1. The fourth-order valence-corrected chi connectivity index (χ4v) is 0.921. The van der Waals surface area contributed by atoms with Gasteiger partial charge < -0.3 is 5.73 Å². The number of H-pyrrole nitrogens is 1. The lowest BCUT2D eigenvalue weighted by molar-refractivity contribution is -0.118. The zero-order valence-corrected chi connectivity index (χ0v) is 9.41. The van der Waals surface area contributed by atoms with Crippen LogP contribution in [-0.4, -0.2) is 32.6 Å². The maximum absolute atomic E-state index is 11.5. The van der Waals surface area contributed by atoms with E-state index in [1.165, 1.54) is 0 Å². The molecule has 86 valence electrons. The van der Waals surface area contributed by atoms with E-state index in [2.05, 4.69) is 25.9 Å². The summed E-state index contributed by atoms with van der Waals surface area (Å²) in [7, 11) is 0. The Morgan fingerprint density at radius 1 is 1.67 bits per heavy atom. The number of carbonyl (C=O) groups excluding carboxylic acids is 1. The molecule has 2 atom stereocenters. The number of nitrogens with two attached hydrogens (primary N) is 1. The van der Waals surface area contributed by atoms with Crippen LogP contribution < -0.4 is 11.1 Å². The maximum atomic E-state index is 11.5. The van der Waals surface area contributed by atoms with E-state index in [1.54, 1.807) is 0 Å². The van der Waals surface area contributed by atoms with Gasteiger partial charge in [0.1, 0.15) is 0 Å². The number of carbonyl (C=O) groups is 1. The lowest BCUT2D eigenvalue weighted by Gasteiger charge is -2.15. The fraction of sp³-hybridized carbons (Fsp3) is 0.714. The van der Waals surface area contributed by atoms with Gasteiger partial charge in [-0.1, -0.05) is 25.4 Å². The largest absolute Gasteiger partial charge is 0.320 e. The Hall–Kier alpha value is -1.21. The Morgan fingerprint density at radius 3 is 2.80 bits per heavy atom. The Balaban J connectivity index is 0.00000196. The molecule has 0 aliphatic rings. The number of amides is 1. The monoisotopic (exact) mass is 234 g/mol. The van der Waals surface area contributed by atoms with Crippen LogP contribution in [0.1, 0.15) is 20.3 Å². The van der Waals surface area contributed by atoms with Crippen molar-refractivity contribution in [1.82, 2.24) is 20.6 Å². The second-order valence-electron chi connectivity index (χ2n) is 3.14. The summed E-state index contributed by atoms with van der Waals surface area (Å²) in [5, 5.41) is 15.2. The molecule has 0 saturated heterocycles. The summed E-state index contributed by atoms with van der Waals surface area (Å²) >= 11 is 0. The van der Waals surface area contributed by atoms with E-state index >= 15 is 0 Å². The van der Waals surface area contributed by atoms with Crippen molar-refractivity contribution in [3.05, 3.63) is 0 Å². The molecule has 0 aromatic carbocycles. The molecule has 7 nitrogen and oxygen atoms in total. The van der Waals surface area contributed by atoms with Crippen molar-refractivity contribution in [3.8, 4) is 0 Å². The topological polar surface area (TPSA) is 110 Å². The molecule has 0 aliphatic heterocycles. The van der Waals surface area contributed by atoms with Gasteiger partial charge in [0.2, 0.25) is 5.91 Å². The van der Waals surface area contributed by atoms with Gasteiger partial charge in [-0.2, -0.15) is 5.21 Å². The first-order valence-corrected chi connectivity index (χ1v) is 4.45. The van der Waals surface area contributed by atoms with Crippen molar-refractivity contribution >= 4 is 24.3 Å². The quantitative estimate of drug-likeness (QED) is 0.676. The summed E-state index contributed by atoms with van der Waals surface area (Å²) in [5.74, 6) is -0.0172. The number of anilines is 1. The van der Waals surface area contributed by atoms with E-state index < -0.39 is 6.04 Å². The molecule has 0 radical (unpaired) electrons. The minimum atomic E-state index is -0.543. The molecular formula is C7H15ClN6O. The van der Waals surface area contributed by atoms with Crippen molar-refractivity contribution in [2.24, 2.45) is 11.7 Å². The van der Waals surface area contributed by atoms with E-state index in [4.69, 9.17) is 5.73 Å². The molecule has 1 rings (SSSR count). The minimum Gasteiger partial charge on any atom is -0.320 e. The van der Waals surface area contributed by atoms with Crippen LogP contribution >= 0.6 is 12.4 Å². The van der Waals surface area contributed by atoms with Crippen LogP contribution in [0.3, 0.4) is 0 Å². The average molecular weight is 235 g/mol. The molecule has 1 aromatic heterocycles. The second kappa shape index (κ2) is 6.31. The molecule has 8 heteroatoms. The number of hydrogen-bond donors (Lipinski definition) is 3. The van der Waals surface area contributed by atoms with Crippen LogP contribution in [0.4, 0.5) is 5.95 Å². The Kier molecular flexibility index (Phi) is 5.80. The van der Waals surface area contributed by atoms with Crippen LogP contribution in [0.15, 0.2) is 0 Å². The first kappa shape index (κ1) is 13.8. The van der Waals surface area contributed by atoms with Gasteiger partial charge in [0, 0.05) is 0 Å². The lowest BCUT2D eigenvalue weighted by Crippen LogP contribution is -2.40. The molecule has 15 heavy (non-hydrogen) atoms. The Bertz CT molecular complexity index is 290.